The van der Waals surface area contributed by atoms with E-state index in [2.05, 4.69) is 27.9 Å². The van der Waals surface area contributed by atoms with Crippen LogP contribution in [0.2, 0.25) is 0 Å². The number of rotatable bonds is 11. The molecule has 0 saturated heterocycles. The summed E-state index contributed by atoms with van der Waals surface area (Å²) in [4.78, 5) is 28.5. The third-order valence-electron chi connectivity index (χ3n) is 5.37. The Kier molecular flexibility index (Phi) is 9.96. The first-order chi connectivity index (χ1) is 16.9. The summed E-state index contributed by atoms with van der Waals surface area (Å²) in [5, 5.41) is 2.99. The fourth-order valence-electron chi connectivity index (χ4n) is 3.66. The molecule has 3 rings (SSSR count). The second-order valence-electron chi connectivity index (χ2n) is 8.48. The molecule has 1 atom stereocenters. The van der Waals surface area contributed by atoms with Crippen LogP contribution >= 0.6 is 22.6 Å². The molecule has 7 heteroatoms. The smallest absolute Gasteiger partial charge is 0.261 e. The van der Waals surface area contributed by atoms with E-state index in [0.29, 0.717) is 17.9 Å². The molecular weight excluding hydrogens is 555 g/mol. The fraction of sp³-hybridized carbons (Fsp3) is 0.286. The molecule has 0 aromatic heterocycles. The van der Waals surface area contributed by atoms with Crippen LogP contribution in [0.15, 0.2) is 78.9 Å². The van der Waals surface area contributed by atoms with Gasteiger partial charge in [0, 0.05) is 22.6 Å². The Balaban J connectivity index is 1.91. The molecule has 0 aliphatic heterocycles. The van der Waals surface area contributed by atoms with Crippen molar-refractivity contribution in [3.05, 3.63) is 93.6 Å². The number of amides is 2. The zero-order chi connectivity index (χ0) is 25.2. The van der Waals surface area contributed by atoms with Crippen LogP contribution in [0, 0.1) is 3.57 Å². The van der Waals surface area contributed by atoms with E-state index in [1.165, 1.54) is 0 Å². The second-order valence-corrected chi connectivity index (χ2v) is 9.73. The Bertz CT molecular complexity index is 1100. The number of hydrogen-bond acceptors (Lipinski definition) is 4. The monoisotopic (exact) mass is 586 g/mol. The minimum Gasteiger partial charge on any atom is -0.497 e. The highest BCUT2D eigenvalue weighted by Crippen LogP contribution is 2.19. The fourth-order valence-corrected chi connectivity index (χ4v) is 4.02. The highest BCUT2D eigenvalue weighted by molar-refractivity contribution is 14.1. The molecule has 0 spiro atoms. The van der Waals surface area contributed by atoms with Crippen molar-refractivity contribution in [1.29, 1.82) is 0 Å². The average Bonchev–Trinajstić information content (AvgIpc) is 2.86. The van der Waals surface area contributed by atoms with E-state index in [1.807, 2.05) is 92.7 Å². The minimum atomic E-state index is -0.709. The molecule has 0 unspecified atom stereocenters. The zero-order valence-electron chi connectivity index (χ0n) is 20.2. The van der Waals surface area contributed by atoms with Crippen LogP contribution in [0.3, 0.4) is 0 Å². The van der Waals surface area contributed by atoms with Crippen molar-refractivity contribution in [3.8, 4) is 11.5 Å². The van der Waals surface area contributed by atoms with Crippen LogP contribution in [0.5, 0.6) is 11.5 Å². The summed E-state index contributed by atoms with van der Waals surface area (Å²) in [5.74, 6) is 0.822. The summed E-state index contributed by atoms with van der Waals surface area (Å²) >= 11 is 2.22. The normalized spacial score (nSPS) is 11.6. The number of nitrogens with zero attached hydrogens (tertiary/aromatic N) is 1. The van der Waals surface area contributed by atoms with Gasteiger partial charge in [-0.05, 0) is 84.0 Å². The van der Waals surface area contributed by atoms with Crippen molar-refractivity contribution in [1.82, 2.24) is 10.2 Å². The summed E-state index contributed by atoms with van der Waals surface area (Å²) in [6.45, 7) is 3.89. The summed E-state index contributed by atoms with van der Waals surface area (Å²) in [6.07, 6.45) is 0.388. The van der Waals surface area contributed by atoms with E-state index < -0.39 is 6.04 Å². The molecule has 35 heavy (non-hydrogen) atoms. The van der Waals surface area contributed by atoms with Gasteiger partial charge in [0.1, 0.15) is 17.5 Å². The number of carbonyl (C=O) groups is 2. The Morgan fingerprint density at radius 2 is 1.60 bits per heavy atom. The first-order valence-corrected chi connectivity index (χ1v) is 12.6. The SMILES string of the molecule is COc1cccc(CN(C(=O)COc2ccc(I)cc2)[C@@H](Cc2ccccc2)C(=O)NC(C)C)c1. The second kappa shape index (κ2) is 13.1. The summed E-state index contributed by atoms with van der Waals surface area (Å²) in [5.41, 5.74) is 1.83. The standard InChI is InChI=1S/C28H31IN2O4/c1-20(2)30-28(33)26(17-21-8-5-4-6-9-21)31(18-22-10-7-11-25(16-22)34-3)27(32)19-35-24-14-12-23(29)13-15-24/h4-16,20,26H,17-19H2,1-3H3,(H,30,33)/t26-/m0/s1. The van der Waals surface area contributed by atoms with E-state index in [9.17, 15) is 9.59 Å². The maximum absolute atomic E-state index is 13.6. The maximum atomic E-state index is 13.6. The molecule has 3 aromatic carbocycles. The maximum Gasteiger partial charge on any atom is 0.261 e. The lowest BCUT2D eigenvalue weighted by molar-refractivity contribution is -0.143. The lowest BCUT2D eigenvalue weighted by Gasteiger charge is -2.32. The predicted octanol–water partition coefficient (Wildman–Crippen LogP) is 4.84. The molecule has 0 aliphatic carbocycles. The third-order valence-corrected chi connectivity index (χ3v) is 6.08. The molecule has 0 radical (unpaired) electrons. The minimum absolute atomic E-state index is 0.0578. The summed E-state index contributed by atoms with van der Waals surface area (Å²) in [6, 6.07) is 24.0. The number of benzene rings is 3. The molecule has 1 N–H and O–H groups in total. The predicted molar refractivity (Wildman–Crippen MR) is 145 cm³/mol. The average molecular weight is 586 g/mol. The number of ether oxygens (including phenoxy) is 2. The molecule has 0 aliphatic rings. The highest BCUT2D eigenvalue weighted by atomic mass is 127. The van der Waals surface area contributed by atoms with Gasteiger partial charge in [0.05, 0.1) is 7.11 Å². The van der Waals surface area contributed by atoms with Crippen molar-refractivity contribution in [3.63, 3.8) is 0 Å². The van der Waals surface area contributed by atoms with E-state index >= 15 is 0 Å². The van der Waals surface area contributed by atoms with Gasteiger partial charge in [-0.1, -0.05) is 42.5 Å². The molecule has 0 bridgehead atoms. The lowest BCUT2D eigenvalue weighted by atomic mass is 10.0. The zero-order valence-corrected chi connectivity index (χ0v) is 22.4. The molecule has 184 valence electrons. The topological polar surface area (TPSA) is 67.9 Å². The number of carbonyl (C=O) groups excluding carboxylic acids is 2. The van der Waals surface area contributed by atoms with Gasteiger partial charge in [0.15, 0.2) is 6.61 Å². The Morgan fingerprint density at radius 3 is 2.26 bits per heavy atom. The number of nitrogens with one attached hydrogen (secondary N) is 1. The molecule has 0 heterocycles. The van der Waals surface area contributed by atoms with Gasteiger partial charge in [-0.3, -0.25) is 9.59 Å². The molecule has 6 nitrogen and oxygen atoms in total. The first kappa shape index (κ1) is 26.5. The Labute approximate surface area is 220 Å². The molecule has 0 fully saturated rings. The van der Waals surface area contributed by atoms with Crippen molar-refractivity contribution in [2.24, 2.45) is 0 Å². The van der Waals surface area contributed by atoms with E-state index in [-0.39, 0.29) is 31.0 Å². The van der Waals surface area contributed by atoms with Crippen LogP contribution < -0.4 is 14.8 Å². The van der Waals surface area contributed by atoms with Crippen LogP contribution in [0.1, 0.15) is 25.0 Å². The van der Waals surface area contributed by atoms with Crippen molar-refractivity contribution < 1.29 is 19.1 Å². The lowest BCUT2D eigenvalue weighted by Crippen LogP contribution is -2.52. The van der Waals surface area contributed by atoms with Crippen LogP contribution in [0.25, 0.3) is 0 Å². The van der Waals surface area contributed by atoms with E-state index in [1.54, 1.807) is 12.0 Å². The molecule has 2 amide bonds. The quantitative estimate of drug-likeness (QED) is 0.327. The van der Waals surface area contributed by atoms with E-state index in [0.717, 1.165) is 14.7 Å². The van der Waals surface area contributed by atoms with Gasteiger partial charge >= 0.3 is 0 Å². The first-order valence-electron chi connectivity index (χ1n) is 11.5. The number of methoxy groups -OCH3 is 1. The Morgan fingerprint density at radius 1 is 0.914 bits per heavy atom. The molecule has 3 aromatic rings. The van der Waals surface area contributed by atoms with Crippen LogP contribution in [0.4, 0.5) is 0 Å². The van der Waals surface area contributed by atoms with Crippen LogP contribution in [-0.2, 0) is 22.6 Å². The molecule has 0 saturated carbocycles. The van der Waals surface area contributed by atoms with Gasteiger partial charge in [-0.15, -0.1) is 0 Å². The van der Waals surface area contributed by atoms with Gasteiger partial charge in [-0.25, -0.2) is 0 Å². The van der Waals surface area contributed by atoms with Gasteiger partial charge in [0.25, 0.3) is 5.91 Å². The largest absolute Gasteiger partial charge is 0.497 e. The van der Waals surface area contributed by atoms with Crippen molar-refractivity contribution >= 4 is 34.4 Å². The molecular formula is C28H31IN2O4. The highest BCUT2D eigenvalue weighted by Gasteiger charge is 2.31. The number of halogens is 1. The van der Waals surface area contributed by atoms with Crippen molar-refractivity contribution in [2.75, 3.05) is 13.7 Å². The Hall–Kier alpha value is -3.07. The number of hydrogen-bond donors (Lipinski definition) is 1. The summed E-state index contributed by atoms with van der Waals surface area (Å²) in [7, 11) is 1.60. The summed E-state index contributed by atoms with van der Waals surface area (Å²) < 4.78 is 12.2. The van der Waals surface area contributed by atoms with Gasteiger partial charge < -0.3 is 19.7 Å². The third kappa shape index (κ3) is 8.28. The van der Waals surface area contributed by atoms with Gasteiger partial charge in [-0.2, -0.15) is 0 Å². The van der Waals surface area contributed by atoms with Crippen LogP contribution in [-0.4, -0.2) is 42.5 Å². The van der Waals surface area contributed by atoms with E-state index in [4.69, 9.17) is 9.47 Å². The van der Waals surface area contributed by atoms with Gasteiger partial charge in [0.2, 0.25) is 5.91 Å². The van der Waals surface area contributed by atoms with Crippen molar-refractivity contribution in [2.45, 2.75) is 38.9 Å².